The Labute approximate surface area is 137 Å². The van der Waals surface area contributed by atoms with E-state index in [1.54, 1.807) is 24.3 Å². The summed E-state index contributed by atoms with van der Waals surface area (Å²) in [5, 5.41) is 2.69. The molecule has 0 radical (unpaired) electrons. The van der Waals surface area contributed by atoms with E-state index in [9.17, 15) is 9.59 Å². The maximum absolute atomic E-state index is 12.1. The number of aryl methyl sites for hydroxylation is 1. The number of hydrogen-bond acceptors (Lipinski definition) is 6. The topological polar surface area (TPSA) is 73.9 Å². The third-order valence-corrected chi connectivity index (χ3v) is 4.22. The van der Waals surface area contributed by atoms with Crippen LogP contribution in [0.5, 0.6) is 11.5 Å². The SMILES string of the molecule is Cc1ccc(C(=O)OC(C)C(=O)Nc2ccc3c(c2)OCO3)s1. The largest absolute Gasteiger partial charge is 0.454 e. The molecular formula is C16H15NO5S. The van der Waals surface area contributed by atoms with Gasteiger partial charge in [-0.05, 0) is 38.1 Å². The zero-order valence-corrected chi connectivity index (χ0v) is 13.4. The van der Waals surface area contributed by atoms with Crippen molar-refractivity contribution in [2.24, 2.45) is 0 Å². The summed E-state index contributed by atoms with van der Waals surface area (Å²) in [4.78, 5) is 25.6. The predicted molar refractivity (Wildman–Crippen MR) is 85.1 cm³/mol. The van der Waals surface area contributed by atoms with Crippen LogP contribution in [-0.4, -0.2) is 24.8 Å². The van der Waals surface area contributed by atoms with Crippen LogP contribution >= 0.6 is 11.3 Å². The molecule has 2 aromatic rings. The number of thiophene rings is 1. The molecule has 6 nitrogen and oxygen atoms in total. The lowest BCUT2D eigenvalue weighted by Crippen LogP contribution is -2.29. The maximum atomic E-state index is 12.1. The zero-order chi connectivity index (χ0) is 16.4. The van der Waals surface area contributed by atoms with Crippen LogP contribution < -0.4 is 14.8 Å². The van der Waals surface area contributed by atoms with Crippen molar-refractivity contribution in [1.29, 1.82) is 0 Å². The molecule has 0 saturated heterocycles. The van der Waals surface area contributed by atoms with E-state index in [0.29, 0.717) is 22.1 Å². The normalized spacial score (nSPS) is 13.5. The summed E-state index contributed by atoms with van der Waals surface area (Å²) in [6.07, 6.45) is -0.907. The number of carbonyl (C=O) groups is 2. The molecular weight excluding hydrogens is 318 g/mol. The molecule has 1 aliphatic rings. The highest BCUT2D eigenvalue weighted by molar-refractivity contribution is 7.13. The van der Waals surface area contributed by atoms with Gasteiger partial charge in [0.25, 0.3) is 5.91 Å². The lowest BCUT2D eigenvalue weighted by molar-refractivity contribution is -0.123. The summed E-state index contributed by atoms with van der Waals surface area (Å²) < 4.78 is 15.6. The minimum atomic E-state index is -0.907. The Balaban J connectivity index is 1.60. The number of amides is 1. The van der Waals surface area contributed by atoms with Gasteiger partial charge in [-0.3, -0.25) is 4.79 Å². The fourth-order valence-electron chi connectivity index (χ4n) is 2.03. The van der Waals surface area contributed by atoms with Crippen molar-refractivity contribution in [2.45, 2.75) is 20.0 Å². The first-order valence-electron chi connectivity index (χ1n) is 7.01. The van der Waals surface area contributed by atoms with E-state index in [0.717, 1.165) is 4.88 Å². The Kier molecular flexibility index (Phi) is 4.20. The van der Waals surface area contributed by atoms with Crippen LogP contribution in [0.15, 0.2) is 30.3 Å². The summed E-state index contributed by atoms with van der Waals surface area (Å²) in [5.41, 5.74) is 0.550. The fourth-order valence-corrected chi connectivity index (χ4v) is 2.79. The molecule has 1 amide bonds. The highest BCUT2D eigenvalue weighted by atomic mass is 32.1. The van der Waals surface area contributed by atoms with E-state index >= 15 is 0 Å². The average molecular weight is 333 g/mol. The van der Waals surface area contributed by atoms with Crippen LogP contribution in [0.2, 0.25) is 0 Å². The van der Waals surface area contributed by atoms with Gasteiger partial charge >= 0.3 is 5.97 Å². The van der Waals surface area contributed by atoms with Crippen molar-refractivity contribution in [3.63, 3.8) is 0 Å². The Morgan fingerprint density at radius 1 is 1.22 bits per heavy atom. The lowest BCUT2D eigenvalue weighted by atomic mass is 10.2. The number of esters is 1. The first-order valence-corrected chi connectivity index (χ1v) is 7.82. The number of fused-ring (bicyclic) bond motifs is 1. The highest BCUT2D eigenvalue weighted by Crippen LogP contribution is 2.34. The molecule has 7 heteroatoms. The van der Waals surface area contributed by atoms with Crippen LogP contribution in [0.25, 0.3) is 0 Å². The van der Waals surface area contributed by atoms with Gasteiger partial charge in [0.15, 0.2) is 17.6 Å². The summed E-state index contributed by atoms with van der Waals surface area (Å²) in [6, 6.07) is 8.59. The van der Waals surface area contributed by atoms with E-state index in [1.807, 2.05) is 13.0 Å². The fraction of sp³-hybridized carbons (Fsp3) is 0.250. The van der Waals surface area contributed by atoms with Gasteiger partial charge in [0, 0.05) is 16.6 Å². The maximum Gasteiger partial charge on any atom is 0.349 e. The Morgan fingerprint density at radius 2 is 2.00 bits per heavy atom. The van der Waals surface area contributed by atoms with Crippen LogP contribution in [-0.2, 0) is 9.53 Å². The summed E-state index contributed by atoms with van der Waals surface area (Å²) in [7, 11) is 0. The number of hydrogen-bond donors (Lipinski definition) is 1. The van der Waals surface area contributed by atoms with Gasteiger partial charge < -0.3 is 19.5 Å². The van der Waals surface area contributed by atoms with Crippen LogP contribution in [0.4, 0.5) is 5.69 Å². The van der Waals surface area contributed by atoms with Gasteiger partial charge in [-0.2, -0.15) is 0 Å². The molecule has 1 aromatic carbocycles. The van der Waals surface area contributed by atoms with Crippen molar-refractivity contribution in [3.05, 3.63) is 40.1 Å². The Morgan fingerprint density at radius 3 is 2.74 bits per heavy atom. The third kappa shape index (κ3) is 3.45. The highest BCUT2D eigenvalue weighted by Gasteiger charge is 2.21. The van der Waals surface area contributed by atoms with Crippen LogP contribution in [0.3, 0.4) is 0 Å². The standard InChI is InChI=1S/C16H15NO5S/c1-9-3-6-14(23-9)16(19)22-10(2)15(18)17-11-4-5-12-13(7-11)21-8-20-12/h3-7,10H,8H2,1-2H3,(H,17,18). The number of nitrogens with one attached hydrogen (secondary N) is 1. The summed E-state index contributed by atoms with van der Waals surface area (Å²) in [5.74, 6) is 0.291. The van der Waals surface area contributed by atoms with Crippen molar-refractivity contribution in [1.82, 2.24) is 0 Å². The van der Waals surface area contributed by atoms with Crippen LogP contribution in [0.1, 0.15) is 21.5 Å². The second-order valence-electron chi connectivity index (χ2n) is 5.02. The van der Waals surface area contributed by atoms with Crippen LogP contribution in [0, 0.1) is 6.92 Å². The average Bonchev–Trinajstić information content (AvgIpc) is 3.15. The van der Waals surface area contributed by atoms with E-state index < -0.39 is 18.0 Å². The molecule has 0 saturated carbocycles. The molecule has 3 rings (SSSR count). The minimum absolute atomic E-state index is 0.168. The summed E-state index contributed by atoms with van der Waals surface area (Å²) in [6.45, 7) is 3.60. The van der Waals surface area contributed by atoms with Gasteiger partial charge in [-0.15, -0.1) is 11.3 Å². The van der Waals surface area contributed by atoms with Crippen molar-refractivity contribution >= 4 is 28.9 Å². The first kappa shape index (κ1) is 15.4. The number of ether oxygens (including phenoxy) is 3. The molecule has 1 unspecified atom stereocenters. The van der Waals surface area contributed by atoms with Crippen molar-refractivity contribution in [3.8, 4) is 11.5 Å². The molecule has 1 aliphatic heterocycles. The molecule has 0 spiro atoms. The predicted octanol–water partition coefficient (Wildman–Crippen LogP) is 2.97. The monoisotopic (exact) mass is 333 g/mol. The number of benzene rings is 1. The van der Waals surface area contributed by atoms with E-state index in [4.69, 9.17) is 14.2 Å². The minimum Gasteiger partial charge on any atom is -0.454 e. The molecule has 1 N–H and O–H groups in total. The zero-order valence-electron chi connectivity index (χ0n) is 12.6. The first-order chi connectivity index (χ1) is 11.0. The van der Waals surface area contributed by atoms with E-state index in [-0.39, 0.29) is 6.79 Å². The van der Waals surface area contributed by atoms with Crippen molar-refractivity contribution in [2.75, 3.05) is 12.1 Å². The quantitative estimate of drug-likeness (QED) is 0.871. The Bertz CT molecular complexity index is 755. The van der Waals surface area contributed by atoms with E-state index in [2.05, 4.69) is 5.32 Å². The number of carbonyl (C=O) groups excluding carboxylic acids is 2. The van der Waals surface area contributed by atoms with Gasteiger partial charge in [-0.1, -0.05) is 0 Å². The molecule has 0 fully saturated rings. The molecule has 0 aliphatic carbocycles. The lowest BCUT2D eigenvalue weighted by Gasteiger charge is -2.13. The summed E-state index contributed by atoms with van der Waals surface area (Å²) >= 11 is 1.33. The third-order valence-electron chi connectivity index (χ3n) is 3.23. The van der Waals surface area contributed by atoms with Gasteiger partial charge in [0.1, 0.15) is 4.88 Å². The second kappa shape index (κ2) is 6.29. The molecule has 2 heterocycles. The molecule has 1 aromatic heterocycles. The van der Waals surface area contributed by atoms with E-state index in [1.165, 1.54) is 18.3 Å². The molecule has 23 heavy (non-hydrogen) atoms. The molecule has 0 bridgehead atoms. The van der Waals surface area contributed by atoms with Gasteiger partial charge in [0.05, 0.1) is 0 Å². The Hall–Kier alpha value is -2.54. The van der Waals surface area contributed by atoms with Crippen molar-refractivity contribution < 1.29 is 23.8 Å². The number of anilines is 1. The second-order valence-corrected chi connectivity index (χ2v) is 6.30. The molecule has 1 atom stereocenters. The van der Waals surface area contributed by atoms with Gasteiger partial charge in [-0.25, -0.2) is 4.79 Å². The smallest absolute Gasteiger partial charge is 0.349 e. The molecule has 120 valence electrons. The van der Waals surface area contributed by atoms with Gasteiger partial charge in [0.2, 0.25) is 6.79 Å². The number of rotatable bonds is 4.